The largest absolute Gasteiger partial charge is 0.496 e. The van der Waals surface area contributed by atoms with Crippen molar-refractivity contribution < 1.29 is 4.74 Å². The van der Waals surface area contributed by atoms with Gasteiger partial charge in [0.25, 0.3) is 0 Å². The molecule has 1 fully saturated rings. The number of hydrogen-bond acceptors (Lipinski definition) is 2. The smallest absolute Gasteiger partial charge is 0.122 e. The Bertz CT molecular complexity index is 466. The van der Waals surface area contributed by atoms with Gasteiger partial charge in [0.2, 0.25) is 0 Å². The molecule has 3 nitrogen and oxygen atoms in total. The van der Waals surface area contributed by atoms with Crippen molar-refractivity contribution in [3.05, 3.63) is 29.8 Å². The first-order chi connectivity index (χ1) is 10.1. The monoisotopic (exact) mass is 288 g/mol. The molecular weight excluding hydrogens is 260 g/mol. The SMILES string of the molecule is COc1ccccc1CC(C)N(C)C(=N)C1CCCCC1. The summed E-state index contributed by atoms with van der Waals surface area (Å²) in [5, 5.41) is 8.48. The zero-order valence-corrected chi connectivity index (χ0v) is 13.6. The summed E-state index contributed by atoms with van der Waals surface area (Å²) in [6, 6.07) is 8.50. The molecule has 0 bridgehead atoms. The summed E-state index contributed by atoms with van der Waals surface area (Å²) in [6.45, 7) is 2.20. The van der Waals surface area contributed by atoms with Gasteiger partial charge in [-0.3, -0.25) is 5.41 Å². The van der Waals surface area contributed by atoms with Gasteiger partial charge in [-0.2, -0.15) is 0 Å². The van der Waals surface area contributed by atoms with Crippen molar-refractivity contribution in [2.75, 3.05) is 14.2 Å². The highest BCUT2D eigenvalue weighted by Crippen LogP contribution is 2.27. The van der Waals surface area contributed by atoms with Gasteiger partial charge in [-0.15, -0.1) is 0 Å². The van der Waals surface area contributed by atoms with Crippen molar-refractivity contribution in [3.8, 4) is 5.75 Å². The van der Waals surface area contributed by atoms with Gasteiger partial charge in [0.1, 0.15) is 5.75 Å². The Morgan fingerprint density at radius 1 is 1.29 bits per heavy atom. The minimum Gasteiger partial charge on any atom is -0.496 e. The number of methoxy groups -OCH3 is 1. The lowest BCUT2D eigenvalue weighted by Crippen LogP contribution is -2.40. The minimum absolute atomic E-state index is 0.315. The molecule has 0 radical (unpaired) electrons. The van der Waals surface area contributed by atoms with E-state index in [-0.39, 0.29) is 0 Å². The Kier molecular flexibility index (Phi) is 5.66. The van der Waals surface area contributed by atoms with Gasteiger partial charge in [-0.05, 0) is 37.8 Å². The predicted octanol–water partition coefficient (Wildman–Crippen LogP) is 4.12. The van der Waals surface area contributed by atoms with E-state index >= 15 is 0 Å². The Hall–Kier alpha value is -1.51. The lowest BCUT2D eigenvalue weighted by Gasteiger charge is -2.33. The molecule has 21 heavy (non-hydrogen) atoms. The summed E-state index contributed by atoms with van der Waals surface area (Å²) in [5.41, 5.74) is 1.22. The fourth-order valence-electron chi connectivity index (χ4n) is 3.23. The standard InChI is InChI=1S/C18H28N2O/c1-14(13-16-11-7-8-12-17(16)21-3)20(2)18(19)15-9-5-4-6-10-15/h7-8,11-12,14-15,19H,4-6,9-10,13H2,1-3H3. The number of likely N-dealkylation sites (N-methyl/N-ethyl adjacent to an activating group) is 1. The molecule has 2 rings (SSSR count). The predicted molar refractivity (Wildman–Crippen MR) is 88.2 cm³/mol. The lowest BCUT2D eigenvalue weighted by molar-refractivity contribution is 0.331. The van der Waals surface area contributed by atoms with Crippen LogP contribution in [0.25, 0.3) is 0 Å². The van der Waals surface area contributed by atoms with E-state index in [1.165, 1.54) is 37.7 Å². The van der Waals surface area contributed by atoms with Crippen molar-refractivity contribution in [2.24, 2.45) is 5.92 Å². The molecule has 0 amide bonds. The van der Waals surface area contributed by atoms with Crippen molar-refractivity contribution in [1.82, 2.24) is 4.90 Å². The maximum absolute atomic E-state index is 8.48. The number of para-hydroxylation sites is 1. The van der Waals surface area contributed by atoms with E-state index in [2.05, 4.69) is 31.0 Å². The molecule has 1 aliphatic carbocycles. The van der Waals surface area contributed by atoms with Crippen molar-refractivity contribution in [2.45, 2.75) is 51.5 Å². The Labute approximate surface area is 128 Å². The molecule has 1 aromatic rings. The second-order valence-corrected chi connectivity index (χ2v) is 6.20. The van der Waals surface area contributed by atoms with Gasteiger partial charge >= 0.3 is 0 Å². The summed E-state index contributed by atoms with van der Waals surface area (Å²) >= 11 is 0. The van der Waals surface area contributed by atoms with Crippen LogP contribution in [0.3, 0.4) is 0 Å². The van der Waals surface area contributed by atoms with E-state index in [0.29, 0.717) is 12.0 Å². The lowest BCUT2D eigenvalue weighted by atomic mass is 9.87. The van der Waals surface area contributed by atoms with Crippen LogP contribution in [0, 0.1) is 11.3 Å². The van der Waals surface area contributed by atoms with Gasteiger partial charge in [-0.1, -0.05) is 37.5 Å². The van der Waals surface area contributed by atoms with Gasteiger partial charge < -0.3 is 9.64 Å². The van der Waals surface area contributed by atoms with Crippen molar-refractivity contribution >= 4 is 5.84 Å². The molecule has 0 aromatic heterocycles. The summed E-state index contributed by atoms with van der Waals surface area (Å²) in [6.07, 6.45) is 7.18. The van der Waals surface area contributed by atoms with Crippen LogP contribution in [0.15, 0.2) is 24.3 Å². The van der Waals surface area contributed by atoms with E-state index in [1.54, 1.807) is 7.11 Å². The average Bonchev–Trinajstić information content (AvgIpc) is 2.54. The molecule has 1 unspecified atom stereocenters. The quantitative estimate of drug-likeness (QED) is 0.653. The summed E-state index contributed by atoms with van der Waals surface area (Å²) in [4.78, 5) is 2.16. The van der Waals surface area contributed by atoms with Crippen LogP contribution in [0.4, 0.5) is 0 Å². The molecule has 116 valence electrons. The van der Waals surface area contributed by atoms with Crippen LogP contribution in [-0.4, -0.2) is 30.9 Å². The van der Waals surface area contributed by atoms with Crippen molar-refractivity contribution in [3.63, 3.8) is 0 Å². The van der Waals surface area contributed by atoms with E-state index in [9.17, 15) is 0 Å². The number of nitrogens with zero attached hydrogens (tertiary/aromatic N) is 1. The summed E-state index contributed by atoms with van der Waals surface area (Å²) < 4.78 is 5.43. The fourth-order valence-corrected chi connectivity index (χ4v) is 3.23. The van der Waals surface area contributed by atoms with Crippen molar-refractivity contribution in [1.29, 1.82) is 5.41 Å². The van der Waals surface area contributed by atoms with Crippen LogP contribution in [0.2, 0.25) is 0 Å². The molecule has 1 aromatic carbocycles. The number of benzene rings is 1. The third-order valence-electron chi connectivity index (χ3n) is 4.74. The first-order valence-corrected chi connectivity index (χ1v) is 8.06. The van der Waals surface area contributed by atoms with Gasteiger partial charge in [0.15, 0.2) is 0 Å². The highest BCUT2D eigenvalue weighted by Gasteiger charge is 2.23. The van der Waals surface area contributed by atoms with E-state index in [4.69, 9.17) is 10.1 Å². The number of ether oxygens (including phenoxy) is 1. The molecule has 1 atom stereocenters. The highest BCUT2D eigenvalue weighted by atomic mass is 16.5. The van der Waals surface area contributed by atoms with Crippen LogP contribution < -0.4 is 4.74 Å². The molecule has 0 aliphatic heterocycles. The highest BCUT2D eigenvalue weighted by molar-refractivity contribution is 5.81. The van der Waals surface area contributed by atoms with Crippen LogP contribution in [0.1, 0.15) is 44.6 Å². The van der Waals surface area contributed by atoms with Gasteiger partial charge in [0.05, 0.1) is 12.9 Å². The van der Waals surface area contributed by atoms with Gasteiger partial charge in [-0.25, -0.2) is 0 Å². The summed E-state index contributed by atoms with van der Waals surface area (Å²) in [7, 11) is 3.79. The first kappa shape index (κ1) is 15.9. The molecule has 1 aliphatic rings. The molecule has 3 heteroatoms. The topological polar surface area (TPSA) is 36.3 Å². The number of hydrogen-bond donors (Lipinski definition) is 1. The number of nitrogens with one attached hydrogen (secondary N) is 1. The zero-order valence-electron chi connectivity index (χ0n) is 13.6. The van der Waals surface area contributed by atoms with E-state index in [1.807, 2.05) is 12.1 Å². The molecule has 1 N–H and O–H groups in total. The number of amidine groups is 1. The normalized spacial score (nSPS) is 17.3. The van der Waals surface area contributed by atoms with E-state index in [0.717, 1.165) is 18.0 Å². The van der Waals surface area contributed by atoms with Crippen LogP contribution >= 0.6 is 0 Å². The third kappa shape index (κ3) is 3.99. The Balaban J connectivity index is 1.98. The molecule has 0 spiro atoms. The average molecular weight is 288 g/mol. The maximum Gasteiger partial charge on any atom is 0.122 e. The van der Waals surface area contributed by atoms with Crippen LogP contribution in [0.5, 0.6) is 5.75 Å². The molecule has 0 saturated heterocycles. The second kappa shape index (κ2) is 7.48. The maximum atomic E-state index is 8.48. The molecule has 0 heterocycles. The third-order valence-corrected chi connectivity index (χ3v) is 4.74. The molecular formula is C18H28N2O. The zero-order chi connectivity index (χ0) is 15.2. The summed E-state index contributed by atoms with van der Waals surface area (Å²) in [5.74, 6) is 2.22. The minimum atomic E-state index is 0.315. The van der Waals surface area contributed by atoms with E-state index < -0.39 is 0 Å². The fraction of sp³-hybridized carbons (Fsp3) is 0.611. The Morgan fingerprint density at radius 3 is 2.62 bits per heavy atom. The first-order valence-electron chi connectivity index (χ1n) is 8.06. The van der Waals surface area contributed by atoms with Crippen LogP contribution in [-0.2, 0) is 6.42 Å². The molecule has 1 saturated carbocycles. The number of rotatable bonds is 5. The van der Waals surface area contributed by atoms with Gasteiger partial charge in [0, 0.05) is 19.0 Å². The second-order valence-electron chi connectivity index (χ2n) is 6.20. The Morgan fingerprint density at radius 2 is 1.95 bits per heavy atom.